The number of hydrogen-bond donors (Lipinski definition) is 0. The lowest BCUT2D eigenvalue weighted by Gasteiger charge is -2.25. The van der Waals surface area contributed by atoms with Crippen molar-refractivity contribution < 1.29 is 0 Å². The van der Waals surface area contributed by atoms with Crippen LogP contribution in [0.4, 0.5) is 0 Å². The number of thiophene rings is 1. The maximum atomic E-state index is 2.55. The van der Waals surface area contributed by atoms with Gasteiger partial charge in [0.1, 0.15) is 0 Å². The molecule has 0 spiro atoms. The molecule has 0 aliphatic carbocycles. The molecule has 11 aromatic carbocycles. The second kappa shape index (κ2) is 18.0. The zero-order valence-electron chi connectivity index (χ0n) is 38.8. The van der Waals surface area contributed by atoms with Crippen molar-refractivity contribution in [1.29, 1.82) is 0 Å². The van der Waals surface area contributed by atoms with E-state index >= 15 is 0 Å². The summed E-state index contributed by atoms with van der Waals surface area (Å²) >= 11 is 1.93. The SMILES string of the molecule is c1ccc(C(Cc2cccc3ccccc23)c2cc(-c3cccc(-c4ccc5c(c4)c4ccccc4n5-c4ccccc4)c3)cc(C(Cc3cccc4c3sc3ccccc34)c3ccccc3)c2)cc1. The molecule has 2 heterocycles. The van der Waals surface area contributed by atoms with Crippen LogP contribution in [0.3, 0.4) is 0 Å². The van der Waals surface area contributed by atoms with E-state index in [-0.39, 0.29) is 11.8 Å². The monoisotopic (exact) mass is 911 g/mol. The summed E-state index contributed by atoms with van der Waals surface area (Å²) in [7, 11) is 0. The molecule has 0 aliphatic rings. The minimum Gasteiger partial charge on any atom is -0.309 e. The van der Waals surface area contributed by atoms with Gasteiger partial charge in [0.15, 0.2) is 0 Å². The number of hydrogen-bond acceptors (Lipinski definition) is 1. The molecule has 0 bridgehead atoms. The fraction of sp³-hybridized carbons (Fsp3) is 0.0588. The van der Waals surface area contributed by atoms with Crippen LogP contribution in [-0.4, -0.2) is 4.57 Å². The van der Waals surface area contributed by atoms with Crippen LogP contribution in [0.5, 0.6) is 0 Å². The highest BCUT2D eigenvalue weighted by molar-refractivity contribution is 7.26. The van der Waals surface area contributed by atoms with Gasteiger partial charge in [0.2, 0.25) is 0 Å². The highest BCUT2D eigenvalue weighted by Gasteiger charge is 2.24. The van der Waals surface area contributed by atoms with E-state index in [1.807, 2.05) is 11.3 Å². The lowest BCUT2D eigenvalue weighted by atomic mass is 9.79. The zero-order chi connectivity index (χ0) is 46.4. The first kappa shape index (κ1) is 41.9. The topological polar surface area (TPSA) is 4.93 Å². The summed E-state index contributed by atoms with van der Waals surface area (Å²) in [6.45, 7) is 0. The van der Waals surface area contributed by atoms with Crippen molar-refractivity contribution in [3.05, 3.63) is 294 Å². The van der Waals surface area contributed by atoms with Crippen LogP contribution in [0.1, 0.15) is 45.2 Å². The van der Waals surface area contributed by atoms with E-state index in [1.54, 1.807) is 0 Å². The molecule has 2 aromatic heterocycles. The van der Waals surface area contributed by atoms with Crippen LogP contribution < -0.4 is 0 Å². The van der Waals surface area contributed by atoms with Crippen LogP contribution in [0, 0.1) is 0 Å². The molecular formula is C68H49NS. The van der Waals surface area contributed by atoms with Gasteiger partial charge >= 0.3 is 0 Å². The molecule has 0 aliphatic heterocycles. The van der Waals surface area contributed by atoms with Crippen molar-refractivity contribution in [1.82, 2.24) is 4.57 Å². The van der Waals surface area contributed by atoms with E-state index in [0.717, 1.165) is 12.8 Å². The van der Waals surface area contributed by atoms with Gasteiger partial charge in [-0.1, -0.05) is 218 Å². The molecule has 2 unspecified atom stereocenters. The van der Waals surface area contributed by atoms with Crippen molar-refractivity contribution in [2.24, 2.45) is 0 Å². The van der Waals surface area contributed by atoms with Crippen molar-refractivity contribution >= 4 is 64.1 Å². The number of para-hydroxylation sites is 2. The fourth-order valence-corrected chi connectivity index (χ4v) is 12.5. The minimum atomic E-state index is 0.109. The van der Waals surface area contributed by atoms with E-state index in [1.165, 1.54) is 114 Å². The summed E-state index contributed by atoms with van der Waals surface area (Å²) in [5.41, 5.74) is 16.5. The normalized spacial score (nSPS) is 12.6. The van der Waals surface area contributed by atoms with Gasteiger partial charge in [0.25, 0.3) is 0 Å². The van der Waals surface area contributed by atoms with Gasteiger partial charge in [-0.15, -0.1) is 11.3 Å². The molecular weight excluding hydrogens is 863 g/mol. The Labute approximate surface area is 413 Å². The van der Waals surface area contributed by atoms with E-state index in [2.05, 4.69) is 265 Å². The number of benzene rings is 11. The fourth-order valence-electron chi connectivity index (χ4n) is 11.2. The summed E-state index contributed by atoms with van der Waals surface area (Å²) in [5, 5.41) is 7.79. The summed E-state index contributed by atoms with van der Waals surface area (Å²) in [6, 6.07) is 97.2. The molecule has 0 saturated heterocycles. The average Bonchev–Trinajstić information content (AvgIpc) is 3.98. The van der Waals surface area contributed by atoms with Crippen molar-refractivity contribution in [2.45, 2.75) is 24.7 Å². The quantitative estimate of drug-likeness (QED) is 0.122. The van der Waals surface area contributed by atoms with Crippen LogP contribution in [0.2, 0.25) is 0 Å². The van der Waals surface area contributed by atoms with Crippen LogP contribution >= 0.6 is 11.3 Å². The van der Waals surface area contributed by atoms with E-state index in [4.69, 9.17) is 0 Å². The smallest absolute Gasteiger partial charge is 0.0541 e. The van der Waals surface area contributed by atoms with Crippen LogP contribution in [0.15, 0.2) is 261 Å². The van der Waals surface area contributed by atoms with Crippen molar-refractivity contribution in [3.63, 3.8) is 0 Å². The van der Waals surface area contributed by atoms with Gasteiger partial charge in [0, 0.05) is 48.5 Å². The standard InChI is InChI=1S/C68H49NS/c1-4-19-47(20-5-1)62(44-52-27-16-24-46-23-10-11-31-58(46)52)55-40-54(41-56(42-55)63(48-21-6-2-7-22-48)45-53-28-18-34-61-60-33-13-15-36-67(60)70-68(53)61)50-26-17-25-49(39-50)51-37-38-66-64(43-51)59-32-12-14-35-65(59)69(66)57-29-8-3-9-30-57/h1-43,62-63H,44-45H2. The van der Waals surface area contributed by atoms with Crippen LogP contribution in [0.25, 0.3) is 80.7 Å². The summed E-state index contributed by atoms with van der Waals surface area (Å²) in [6.07, 6.45) is 1.76. The molecule has 0 fully saturated rings. The molecule has 0 amide bonds. The first-order chi connectivity index (χ1) is 34.7. The van der Waals surface area contributed by atoms with Gasteiger partial charge in [-0.2, -0.15) is 0 Å². The highest BCUT2D eigenvalue weighted by Crippen LogP contribution is 2.43. The van der Waals surface area contributed by atoms with Gasteiger partial charge in [-0.05, 0) is 122 Å². The lowest BCUT2D eigenvalue weighted by Crippen LogP contribution is -2.10. The predicted octanol–water partition coefficient (Wildman–Crippen LogP) is 18.4. The Balaban J connectivity index is 0.994. The first-order valence-electron chi connectivity index (χ1n) is 24.5. The van der Waals surface area contributed by atoms with Gasteiger partial charge in [-0.25, -0.2) is 0 Å². The maximum absolute atomic E-state index is 2.55. The van der Waals surface area contributed by atoms with Crippen molar-refractivity contribution in [2.75, 3.05) is 0 Å². The maximum Gasteiger partial charge on any atom is 0.0541 e. The number of nitrogens with zero attached hydrogens (tertiary/aromatic N) is 1. The van der Waals surface area contributed by atoms with Crippen molar-refractivity contribution in [3.8, 4) is 27.9 Å². The summed E-state index contributed by atoms with van der Waals surface area (Å²) in [4.78, 5) is 0. The minimum absolute atomic E-state index is 0.109. The Hall–Kier alpha value is -8.30. The largest absolute Gasteiger partial charge is 0.309 e. The highest BCUT2D eigenvalue weighted by atomic mass is 32.1. The number of rotatable bonds is 11. The first-order valence-corrected chi connectivity index (χ1v) is 25.3. The molecule has 2 atom stereocenters. The third kappa shape index (κ3) is 7.68. The number of aromatic nitrogens is 1. The Morgan fingerprint density at radius 3 is 1.60 bits per heavy atom. The lowest BCUT2D eigenvalue weighted by molar-refractivity contribution is 0.785. The van der Waals surface area contributed by atoms with Gasteiger partial charge in [0.05, 0.1) is 11.0 Å². The molecule has 13 rings (SSSR count). The second-order valence-electron chi connectivity index (χ2n) is 18.8. The summed E-state index contributed by atoms with van der Waals surface area (Å²) < 4.78 is 5.12. The van der Waals surface area contributed by atoms with Gasteiger partial charge in [-0.3, -0.25) is 0 Å². The Morgan fingerprint density at radius 2 is 0.843 bits per heavy atom. The third-order valence-electron chi connectivity index (χ3n) is 14.6. The Morgan fingerprint density at radius 1 is 0.314 bits per heavy atom. The predicted molar refractivity (Wildman–Crippen MR) is 299 cm³/mol. The molecule has 13 aromatic rings. The zero-order valence-corrected chi connectivity index (χ0v) is 39.6. The molecule has 1 nitrogen and oxygen atoms in total. The second-order valence-corrected chi connectivity index (χ2v) is 19.8. The van der Waals surface area contributed by atoms with E-state index < -0.39 is 0 Å². The Kier molecular flexibility index (Phi) is 10.7. The Bertz CT molecular complexity index is 4010. The molecule has 2 heteroatoms. The van der Waals surface area contributed by atoms with E-state index in [0.29, 0.717) is 0 Å². The van der Waals surface area contributed by atoms with E-state index in [9.17, 15) is 0 Å². The molecule has 70 heavy (non-hydrogen) atoms. The number of fused-ring (bicyclic) bond motifs is 7. The molecule has 0 radical (unpaired) electrons. The molecule has 0 N–H and O–H groups in total. The van der Waals surface area contributed by atoms with Gasteiger partial charge < -0.3 is 4.57 Å². The molecule has 332 valence electrons. The third-order valence-corrected chi connectivity index (χ3v) is 15.9. The van der Waals surface area contributed by atoms with Crippen LogP contribution in [-0.2, 0) is 12.8 Å². The molecule has 0 saturated carbocycles. The summed E-state index contributed by atoms with van der Waals surface area (Å²) in [5.74, 6) is 0.220. The average molecular weight is 912 g/mol.